The highest BCUT2D eigenvalue weighted by molar-refractivity contribution is 5.33. The zero-order valence-electron chi connectivity index (χ0n) is 17.2. The minimum absolute atomic E-state index is 0.113. The number of benzene rings is 2. The number of hydrogen-bond donors (Lipinski definition) is 2. The molecule has 2 unspecified atom stereocenters. The van der Waals surface area contributed by atoms with Crippen molar-refractivity contribution in [2.75, 3.05) is 0 Å². The van der Waals surface area contributed by atoms with Crippen molar-refractivity contribution in [2.45, 2.75) is 64.7 Å². The summed E-state index contributed by atoms with van der Waals surface area (Å²) < 4.78 is 0. The Hall–Kier alpha value is -1.96. The van der Waals surface area contributed by atoms with Crippen LogP contribution in [0.5, 0.6) is 11.5 Å². The van der Waals surface area contributed by atoms with Crippen molar-refractivity contribution >= 4 is 0 Å². The van der Waals surface area contributed by atoms with Crippen molar-refractivity contribution in [1.82, 2.24) is 0 Å². The normalized spacial score (nSPS) is 23.7. The molecule has 0 heterocycles. The third-order valence-electron chi connectivity index (χ3n) is 7.37. The Labute approximate surface area is 164 Å². The number of phenolic OH excluding ortho intramolecular Hbond substituents is 2. The highest BCUT2D eigenvalue weighted by Crippen LogP contribution is 2.50. The van der Waals surface area contributed by atoms with Crippen LogP contribution < -0.4 is 0 Å². The van der Waals surface area contributed by atoms with Crippen LogP contribution in [-0.2, 0) is 5.41 Å². The van der Waals surface area contributed by atoms with Crippen molar-refractivity contribution < 1.29 is 10.2 Å². The first kappa shape index (κ1) is 19.8. The van der Waals surface area contributed by atoms with E-state index in [1.54, 1.807) is 0 Å². The van der Waals surface area contributed by atoms with E-state index in [4.69, 9.17) is 0 Å². The molecule has 2 N–H and O–H groups in total. The lowest BCUT2D eigenvalue weighted by Gasteiger charge is -2.47. The van der Waals surface area contributed by atoms with Crippen molar-refractivity contribution in [1.29, 1.82) is 0 Å². The summed E-state index contributed by atoms with van der Waals surface area (Å²) in [6.07, 6.45) is 4.85. The van der Waals surface area contributed by atoms with Crippen LogP contribution in [0.15, 0.2) is 48.5 Å². The van der Waals surface area contributed by atoms with Crippen molar-refractivity contribution in [2.24, 2.45) is 17.8 Å². The molecule has 0 aromatic heterocycles. The summed E-state index contributed by atoms with van der Waals surface area (Å²) in [5, 5.41) is 19.3. The van der Waals surface area contributed by atoms with Gasteiger partial charge in [-0.05, 0) is 90.2 Å². The fourth-order valence-corrected chi connectivity index (χ4v) is 5.16. The quantitative estimate of drug-likeness (QED) is 0.624. The SMILES string of the molecule is CC(C)C(C)C(C)(c1ccc(O)cc1)C1CCC(c2ccc(O)cc2)CC1. The van der Waals surface area contributed by atoms with Crippen molar-refractivity contribution in [3.05, 3.63) is 59.7 Å². The summed E-state index contributed by atoms with van der Waals surface area (Å²) in [7, 11) is 0. The van der Waals surface area contributed by atoms with Crippen molar-refractivity contribution in [3.63, 3.8) is 0 Å². The molecule has 1 aliphatic carbocycles. The second-order valence-corrected chi connectivity index (χ2v) is 9.00. The molecular weight excluding hydrogens is 332 g/mol. The second kappa shape index (κ2) is 7.96. The highest BCUT2D eigenvalue weighted by Gasteiger charge is 2.43. The Morgan fingerprint density at radius 2 is 1.26 bits per heavy atom. The molecule has 0 amide bonds. The summed E-state index contributed by atoms with van der Waals surface area (Å²) >= 11 is 0. The van der Waals surface area contributed by atoms with Gasteiger partial charge in [0.05, 0.1) is 0 Å². The van der Waals surface area contributed by atoms with Gasteiger partial charge in [0.2, 0.25) is 0 Å². The fourth-order valence-electron chi connectivity index (χ4n) is 5.16. The first-order valence-electron chi connectivity index (χ1n) is 10.4. The van der Waals surface area contributed by atoms with Gasteiger partial charge in [0.1, 0.15) is 11.5 Å². The van der Waals surface area contributed by atoms with Crippen molar-refractivity contribution in [3.8, 4) is 11.5 Å². The first-order valence-corrected chi connectivity index (χ1v) is 10.4. The molecule has 2 atom stereocenters. The molecule has 1 fully saturated rings. The summed E-state index contributed by atoms with van der Waals surface area (Å²) in [5.74, 6) is 3.11. The Bertz CT molecular complexity index is 724. The van der Waals surface area contributed by atoms with Crippen LogP contribution in [0.2, 0.25) is 0 Å². The molecule has 1 saturated carbocycles. The lowest BCUT2D eigenvalue weighted by molar-refractivity contribution is 0.118. The van der Waals surface area contributed by atoms with Crippen LogP contribution in [0.4, 0.5) is 0 Å². The van der Waals surface area contributed by atoms with Gasteiger partial charge in [-0.1, -0.05) is 52.0 Å². The van der Waals surface area contributed by atoms with Gasteiger partial charge < -0.3 is 10.2 Å². The maximum atomic E-state index is 9.74. The number of aromatic hydroxyl groups is 2. The summed E-state index contributed by atoms with van der Waals surface area (Å²) in [5.41, 5.74) is 2.82. The van der Waals surface area contributed by atoms with Gasteiger partial charge in [-0.25, -0.2) is 0 Å². The van der Waals surface area contributed by atoms with Gasteiger partial charge in [0.15, 0.2) is 0 Å². The molecule has 0 spiro atoms. The predicted molar refractivity (Wildman–Crippen MR) is 112 cm³/mol. The molecule has 0 radical (unpaired) electrons. The van der Waals surface area contributed by atoms with Gasteiger partial charge in [-0.3, -0.25) is 0 Å². The lowest BCUT2D eigenvalue weighted by Crippen LogP contribution is -2.42. The minimum atomic E-state index is 0.113. The lowest BCUT2D eigenvalue weighted by atomic mass is 9.57. The molecular formula is C25H34O2. The third kappa shape index (κ3) is 4.00. The van der Waals surface area contributed by atoms with Gasteiger partial charge in [0.25, 0.3) is 0 Å². The van der Waals surface area contributed by atoms with E-state index in [-0.39, 0.29) is 5.41 Å². The van der Waals surface area contributed by atoms with Crippen LogP contribution >= 0.6 is 0 Å². The van der Waals surface area contributed by atoms with Gasteiger partial charge in [0, 0.05) is 0 Å². The van der Waals surface area contributed by atoms with E-state index in [0.717, 1.165) is 0 Å². The maximum Gasteiger partial charge on any atom is 0.115 e. The topological polar surface area (TPSA) is 40.5 Å². The van der Waals surface area contributed by atoms with Gasteiger partial charge in [-0.15, -0.1) is 0 Å². The molecule has 0 saturated heterocycles. The Kier molecular flexibility index (Phi) is 5.83. The molecule has 0 aliphatic heterocycles. The van der Waals surface area contributed by atoms with E-state index in [1.807, 2.05) is 24.3 Å². The smallest absolute Gasteiger partial charge is 0.115 e. The van der Waals surface area contributed by atoms with E-state index in [1.165, 1.54) is 36.8 Å². The second-order valence-electron chi connectivity index (χ2n) is 9.00. The molecule has 2 heteroatoms. The standard InChI is InChI=1S/C25H34O2/c1-17(2)18(3)25(4,22-11-15-24(27)16-12-22)21-9-5-19(6-10-21)20-7-13-23(26)14-8-20/h7-8,11-19,21,26-27H,5-6,9-10H2,1-4H3. The largest absolute Gasteiger partial charge is 0.508 e. The summed E-state index contributed by atoms with van der Waals surface area (Å²) in [6, 6.07) is 15.7. The number of hydrogen-bond acceptors (Lipinski definition) is 2. The molecule has 0 bridgehead atoms. The number of rotatable bonds is 5. The monoisotopic (exact) mass is 366 g/mol. The Morgan fingerprint density at radius 1 is 0.778 bits per heavy atom. The molecule has 2 nitrogen and oxygen atoms in total. The van der Waals surface area contributed by atoms with E-state index in [9.17, 15) is 10.2 Å². The number of phenols is 2. The van der Waals surface area contributed by atoms with Crippen LogP contribution in [0.1, 0.15) is 70.4 Å². The molecule has 1 aliphatic rings. The maximum absolute atomic E-state index is 9.74. The zero-order chi connectivity index (χ0) is 19.6. The van der Waals surface area contributed by atoms with E-state index in [0.29, 0.717) is 35.2 Å². The van der Waals surface area contributed by atoms with E-state index >= 15 is 0 Å². The molecule has 2 aromatic rings. The first-order chi connectivity index (χ1) is 12.8. The summed E-state index contributed by atoms with van der Waals surface area (Å²) in [6.45, 7) is 9.48. The van der Waals surface area contributed by atoms with Gasteiger partial charge in [-0.2, -0.15) is 0 Å². The van der Waals surface area contributed by atoms with Gasteiger partial charge >= 0.3 is 0 Å². The predicted octanol–water partition coefficient (Wildman–Crippen LogP) is 6.62. The average Bonchev–Trinajstić information content (AvgIpc) is 2.68. The van der Waals surface area contributed by atoms with Crippen LogP contribution in [-0.4, -0.2) is 10.2 Å². The zero-order valence-corrected chi connectivity index (χ0v) is 17.2. The summed E-state index contributed by atoms with van der Waals surface area (Å²) in [4.78, 5) is 0. The highest BCUT2D eigenvalue weighted by atomic mass is 16.3. The molecule has 146 valence electrons. The van der Waals surface area contributed by atoms with E-state index in [2.05, 4.69) is 52.0 Å². The Morgan fingerprint density at radius 3 is 1.74 bits per heavy atom. The van der Waals surface area contributed by atoms with Crippen LogP contribution in [0.25, 0.3) is 0 Å². The minimum Gasteiger partial charge on any atom is -0.508 e. The van der Waals surface area contributed by atoms with Crippen LogP contribution in [0, 0.1) is 17.8 Å². The van der Waals surface area contributed by atoms with Crippen LogP contribution in [0.3, 0.4) is 0 Å². The average molecular weight is 367 g/mol. The fraction of sp³-hybridized carbons (Fsp3) is 0.520. The molecule has 27 heavy (non-hydrogen) atoms. The third-order valence-corrected chi connectivity index (χ3v) is 7.37. The van der Waals surface area contributed by atoms with E-state index < -0.39 is 0 Å². The molecule has 3 rings (SSSR count). The Balaban J connectivity index is 1.82. The molecule has 2 aromatic carbocycles.